The van der Waals surface area contributed by atoms with Crippen LogP contribution in [0, 0.1) is 0 Å². The van der Waals surface area contributed by atoms with Gasteiger partial charge in [0.1, 0.15) is 5.54 Å². The van der Waals surface area contributed by atoms with E-state index in [1.807, 2.05) is 36.4 Å². The lowest BCUT2D eigenvalue weighted by Crippen LogP contribution is -2.54. The van der Waals surface area contributed by atoms with Crippen LogP contribution in [-0.2, 0) is 16.9 Å². The zero-order chi connectivity index (χ0) is 17.7. The molecule has 0 radical (unpaired) electrons. The molecule has 1 amide bonds. The molecule has 1 fully saturated rings. The van der Waals surface area contributed by atoms with Crippen molar-refractivity contribution in [3.8, 4) is 0 Å². The van der Waals surface area contributed by atoms with E-state index in [4.69, 9.17) is 5.73 Å². The van der Waals surface area contributed by atoms with E-state index >= 15 is 0 Å². The normalized spacial score (nSPS) is 17.1. The van der Waals surface area contributed by atoms with E-state index in [0.29, 0.717) is 0 Å². The van der Waals surface area contributed by atoms with E-state index < -0.39 is 5.54 Å². The molecule has 1 heterocycles. The van der Waals surface area contributed by atoms with Crippen LogP contribution in [0.1, 0.15) is 30.9 Å². The third kappa shape index (κ3) is 6.22. The van der Waals surface area contributed by atoms with Crippen LogP contribution in [0.2, 0.25) is 0 Å². The van der Waals surface area contributed by atoms with Crippen molar-refractivity contribution in [1.82, 2.24) is 10.2 Å². The summed E-state index contributed by atoms with van der Waals surface area (Å²) < 4.78 is 0. The van der Waals surface area contributed by atoms with Gasteiger partial charge in [0.05, 0.1) is 0 Å². The third-order valence-corrected chi connectivity index (χ3v) is 5.02. The molecular formula is C21H29Cl2N3O. The summed E-state index contributed by atoms with van der Waals surface area (Å²) >= 11 is 0. The third-order valence-electron chi connectivity index (χ3n) is 5.02. The van der Waals surface area contributed by atoms with Crippen LogP contribution in [0.25, 0.3) is 0 Å². The van der Waals surface area contributed by atoms with Gasteiger partial charge in [-0.2, -0.15) is 0 Å². The van der Waals surface area contributed by atoms with Crippen molar-refractivity contribution in [2.75, 3.05) is 13.1 Å². The van der Waals surface area contributed by atoms with E-state index in [-0.39, 0.29) is 36.8 Å². The monoisotopic (exact) mass is 409 g/mol. The molecule has 3 N–H and O–H groups in total. The van der Waals surface area contributed by atoms with Gasteiger partial charge in [0.25, 0.3) is 0 Å². The zero-order valence-electron chi connectivity index (χ0n) is 15.6. The first-order valence-electron chi connectivity index (χ1n) is 8.97. The van der Waals surface area contributed by atoms with Crippen LogP contribution in [0.15, 0.2) is 60.7 Å². The van der Waals surface area contributed by atoms with Crippen molar-refractivity contribution < 1.29 is 4.79 Å². The zero-order valence-corrected chi connectivity index (χ0v) is 17.3. The van der Waals surface area contributed by atoms with Gasteiger partial charge in [0.2, 0.25) is 5.91 Å². The van der Waals surface area contributed by atoms with Crippen LogP contribution < -0.4 is 11.1 Å². The summed E-state index contributed by atoms with van der Waals surface area (Å²) in [6, 6.07) is 20.3. The van der Waals surface area contributed by atoms with Gasteiger partial charge in [0.15, 0.2) is 0 Å². The Bertz CT molecular complexity index is 687. The van der Waals surface area contributed by atoms with Crippen LogP contribution in [0.5, 0.6) is 0 Å². The Morgan fingerprint density at radius 2 is 1.56 bits per heavy atom. The number of hydrogen-bond donors (Lipinski definition) is 2. The molecule has 1 unspecified atom stereocenters. The van der Waals surface area contributed by atoms with Crippen molar-refractivity contribution in [2.45, 2.75) is 37.9 Å². The molecule has 148 valence electrons. The lowest BCUT2D eigenvalue weighted by molar-refractivity contribution is -0.127. The molecule has 27 heavy (non-hydrogen) atoms. The number of halogens is 2. The van der Waals surface area contributed by atoms with Crippen molar-refractivity contribution in [3.05, 3.63) is 71.8 Å². The van der Waals surface area contributed by atoms with Crippen molar-refractivity contribution >= 4 is 30.7 Å². The summed E-state index contributed by atoms with van der Waals surface area (Å²) in [7, 11) is 0. The second kappa shape index (κ2) is 10.7. The predicted octanol–water partition coefficient (Wildman–Crippen LogP) is 3.48. The van der Waals surface area contributed by atoms with Crippen LogP contribution in [0.4, 0.5) is 0 Å². The summed E-state index contributed by atoms with van der Waals surface area (Å²) in [4.78, 5) is 15.1. The summed E-state index contributed by atoms with van der Waals surface area (Å²) in [6.45, 7) is 4.74. The minimum atomic E-state index is -0.998. The highest BCUT2D eigenvalue weighted by Gasteiger charge is 2.32. The maximum Gasteiger partial charge on any atom is 0.244 e. The number of carbonyl (C=O) groups excluding carboxylic acids is 1. The molecule has 1 aliphatic heterocycles. The summed E-state index contributed by atoms with van der Waals surface area (Å²) in [5, 5.41) is 3.15. The van der Waals surface area contributed by atoms with E-state index in [0.717, 1.165) is 38.0 Å². The first-order valence-corrected chi connectivity index (χ1v) is 8.97. The topological polar surface area (TPSA) is 58.4 Å². The Labute approximate surface area is 174 Å². The Morgan fingerprint density at radius 3 is 2.11 bits per heavy atom. The minimum absolute atomic E-state index is 0. The number of carbonyl (C=O) groups is 1. The summed E-state index contributed by atoms with van der Waals surface area (Å²) in [5.41, 5.74) is 7.49. The molecule has 2 aromatic rings. The number of rotatable bonds is 5. The second-order valence-electron chi connectivity index (χ2n) is 7.08. The van der Waals surface area contributed by atoms with Gasteiger partial charge in [-0.3, -0.25) is 9.69 Å². The summed E-state index contributed by atoms with van der Waals surface area (Å²) in [6.07, 6.45) is 1.92. The standard InChI is InChI=1S/C21H27N3O.2ClH/c1-21(22,18-10-6-3-7-11-18)20(25)23-19-12-14-24(15-13-19)16-17-8-4-2-5-9-17;;/h2-11,19H,12-16,22H2,1H3,(H,23,25);2*1H. The van der Waals surface area contributed by atoms with Crippen molar-refractivity contribution in [2.24, 2.45) is 5.73 Å². The molecule has 1 aliphatic rings. The Balaban J connectivity index is 0.00000182. The Kier molecular flexibility index (Phi) is 9.27. The maximum absolute atomic E-state index is 12.7. The highest BCUT2D eigenvalue weighted by atomic mass is 35.5. The average Bonchev–Trinajstić information content (AvgIpc) is 2.65. The number of nitrogens with one attached hydrogen (secondary N) is 1. The van der Waals surface area contributed by atoms with Crippen LogP contribution in [-0.4, -0.2) is 29.9 Å². The van der Waals surface area contributed by atoms with E-state index in [1.54, 1.807) is 6.92 Å². The van der Waals surface area contributed by atoms with Crippen LogP contribution >= 0.6 is 24.8 Å². The highest BCUT2D eigenvalue weighted by molar-refractivity contribution is 5.87. The molecule has 2 aromatic carbocycles. The number of benzene rings is 2. The number of nitrogens with zero attached hydrogens (tertiary/aromatic N) is 1. The summed E-state index contributed by atoms with van der Waals surface area (Å²) in [5.74, 6) is -0.0970. The lowest BCUT2D eigenvalue weighted by Gasteiger charge is -2.34. The molecule has 0 spiro atoms. The van der Waals surface area contributed by atoms with Gasteiger partial charge in [-0.25, -0.2) is 0 Å². The van der Waals surface area contributed by atoms with Crippen molar-refractivity contribution in [3.63, 3.8) is 0 Å². The molecule has 0 saturated carbocycles. The largest absolute Gasteiger partial charge is 0.351 e. The number of hydrogen-bond acceptors (Lipinski definition) is 3. The molecular weight excluding hydrogens is 381 g/mol. The fraction of sp³-hybridized carbons (Fsp3) is 0.381. The lowest BCUT2D eigenvalue weighted by atomic mass is 9.91. The van der Waals surface area contributed by atoms with Crippen LogP contribution in [0.3, 0.4) is 0 Å². The first-order chi connectivity index (χ1) is 12.1. The molecule has 6 heteroatoms. The average molecular weight is 410 g/mol. The van der Waals surface area contributed by atoms with Gasteiger partial charge in [0, 0.05) is 25.7 Å². The van der Waals surface area contributed by atoms with E-state index in [9.17, 15) is 4.79 Å². The molecule has 3 rings (SSSR count). The van der Waals surface area contributed by atoms with Gasteiger partial charge in [-0.1, -0.05) is 60.7 Å². The maximum atomic E-state index is 12.7. The molecule has 1 atom stereocenters. The fourth-order valence-electron chi connectivity index (χ4n) is 3.33. The Morgan fingerprint density at radius 1 is 1.04 bits per heavy atom. The smallest absolute Gasteiger partial charge is 0.244 e. The molecule has 0 aliphatic carbocycles. The molecule has 0 bridgehead atoms. The molecule has 1 saturated heterocycles. The number of likely N-dealkylation sites (tertiary alicyclic amines) is 1. The highest BCUT2D eigenvalue weighted by Crippen LogP contribution is 2.19. The number of amides is 1. The van der Waals surface area contributed by atoms with Gasteiger partial charge in [-0.05, 0) is 30.9 Å². The van der Waals surface area contributed by atoms with E-state index in [2.05, 4.69) is 34.5 Å². The Hall–Kier alpha value is -1.59. The number of piperidine rings is 1. The fourth-order valence-corrected chi connectivity index (χ4v) is 3.33. The predicted molar refractivity (Wildman–Crippen MR) is 115 cm³/mol. The minimum Gasteiger partial charge on any atom is -0.351 e. The van der Waals surface area contributed by atoms with Gasteiger partial charge < -0.3 is 11.1 Å². The van der Waals surface area contributed by atoms with Gasteiger partial charge >= 0.3 is 0 Å². The van der Waals surface area contributed by atoms with Gasteiger partial charge in [-0.15, -0.1) is 24.8 Å². The van der Waals surface area contributed by atoms with Crippen molar-refractivity contribution in [1.29, 1.82) is 0 Å². The second-order valence-corrected chi connectivity index (χ2v) is 7.08. The van der Waals surface area contributed by atoms with E-state index in [1.165, 1.54) is 5.56 Å². The number of nitrogens with two attached hydrogens (primary N) is 1. The SMILES string of the molecule is CC(N)(C(=O)NC1CCN(Cc2ccccc2)CC1)c1ccccc1.Cl.Cl. The quantitative estimate of drug-likeness (QED) is 0.794. The molecule has 0 aromatic heterocycles. The molecule has 4 nitrogen and oxygen atoms in total. The first kappa shape index (κ1) is 23.4.